The molecule has 1 aromatic carbocycles. The molecule has 1 aliphatic rings. The van der Waals surface area contributed by atoms with E-state index in [2.05, 4.69) is 10.2 Å². The largest absolute Gasteiger partial charge is 0.491 e. The molecule has 0 amide bonds. The summed E-state index contributed by atoms with van der Waals surface area (Å²) in [6.45, 7) is 8.25. The van der Waals surface area contributed by atoms with E-state index < -0.39 is 0 Å². The van der Waals surface area contributed by atoms with Gasteiger partial charge in [-0.15, -0.1) is 0 Å². The molecule has 0 spiro atoms. The lowest BCUT2D eigenvalue weighted by molar-refractivity contribution is 0.237. The van der Waals surface area contributed by atoms with Gasteiger partial charge >= 0.3 is 0 Å². The van der Waals surface area contributed by atoms with Crippen LogP contribution >= 0.6 is 23.2 Å². The van der Waals surface area contributed by atoms with Crippen LogP contribution in [-0.4, -0.2) is 44.2 Å². The number of unbranched alkanes of at least 4 members (excludes halogenated alkanes) is 1. The van der Waals surface area contributed by atoms with Crippen molar-refractivity contribution in [1.29, 1.82) is 0 Å². The van der Waals surface area contributed by atoms with Crippen LogP contribution in [0.3, 0.4) is 0 Å². The summed E-state index contributed by atoms with van der Waals surface area (Å²) in [6.07, 6.45) is 3.38. The molecule has 0 radical (unpaired) electrons. The Kier molecular flexibility index (Phi) is 7.11. The molecular weight excluding hydrogens is 307 g/mol. The quantitative estimate of drug-likeness (QED) is 0.773. The molecule has 3 nitrogen and oxygen atoms in total. The lowest BCUT2D eigenvalue weighted by Crippen LogP contribution is -2.43. The Morgan fingerprint density at radius 2 is 1.81 bits per heavy atom. The van der Waals surface area contributed by atoms with Crippen LogP contribution in [0.1, 0.15) is 25.3 Å². The molecule has 1 saturated heterocycles. The van der Waals surface area contributed by atoms with Crippen molar-refractivity contribution < 1.29 is 4.74 Å². The fourth-order valence-corrected chi connectivity index (χ4v) is 3.28. The van der Waals surface area contributed by atoms with Crippen molar-refractivity contribution in [3.05, 3.63) is 27.7 Å². The monoisotopic (exact) mass is 330 g/mol. The van der Waals surface area contributed by atoms with Crippen LogP contribution in [0.25, 0.3) is 0 Å². The van der Waals surface area contributed by atoms with Crippen molar-refractivity contribution in [1.82, 2.24) is 10.2 Å². The molecule has 0 bridgehead atoms. The van der Waals surface area contributed by atoms with Gasteiger partial charge in [-0.1, -0.05) is 23.2 Å². The van der Waals surface area contributed by atoms with E-state index in [9.17, 15) is 0 Å². The fraction of sp³-hybridized carbons (Fsp3) is 0.625. The first kappa shape index (κ1) is 16.9. The maximum atomic E-state index is 6.22. The molecule has 2 rings (SSSR count). The van der Waals surface area contributed by atoms with Crippen LogP contribution in [0.15, 0.2) is 12.1 Å². The molecule has 0 atom stereocenters. The number of nitrogens with zero attached hydrogens (tertiary/aromatic N) is 1. The number of nitrogens with one attached hydrogen (secondary N) is 1. The van der Waals surface area contributed by atoms with Gasteiger partial charge in [0.05, 0.1) is 16.7 Å². The predicted octanol–water partition coefficient (Wildman–Crippen LogP) is 3.62. The third kappa shape index (κ3) is 5.33. The Bertz CT molecular complexity index is 425. The summed E-state index contributed by atoms with van der Waals surface area (Å²) >= 11 is 12.4. The summed E-state index contributed by atoms with van der Waals surface area (Å²) < 4.78 is 5.45. The highest BCUT2D eigenvalue weighted by atomic mass is 35.5. The zero-order valence-corrected chi connectivity index (χ0v) is 14.1. The SMILES string of the molecule is CCOc1c(Cl)cc(CCCCN2CCNCC2)cc1Cl. The Morgan fingerprint density at radius 3 is 2.43 bits per heavy atom. The second kappa shape index (κ2) is 8.84. The highest BCUT2D eigenvalue weighted by Crippen LogP contribution is 2.34. The molecule has 5 heteroatoms. The molecule has 118 valence electrons. The molecule has 0 aliphatic carbocycles. The van der Waals surface area contributed by atoms with Gasteiger partial charge in [0.15, 0.2) is 5.75 Å². The van der Waals surface area contributed by atoms with E-state index in [1.807, 2.05) is 19.1 Å². The lowest BCUT2D eigenvalue weighted by Gasteiger charge is -2.27. The number of rotatable bonds is 7. The Hall–Kier alpha value is -0.480. The summed E-state index contributed by atoms with van der Waals surface area (Å²) in [5.74, 6) is 0.602. The van der Waals surface area contributed by atoms with E-state index in [1.165, 1.54) is 31.6 Å². The Morgan fingerprint density at radius 1 is 1.14 bits per heavy atom. The van der Waals surface area contributed by atoms with Gasteiger partial charge in [-0.3, -0.25) is 0 Å². The zero-order valence-electron chi connectivity index (χ0n) is 12.6. The highest BCUT2D eigenvalue weighted by Gasteiger charge is 2.10. The zero-order chi connectivity index (χ0) is 15.1. The minimum absolute atomic E-state index is 0.573. The first-order valence-corrected chi connectivity index (χ1v) is 8.50. The van der Waals surface area contributed by atoms with E-state index in [4.69, 9.17) is 27.9 Å². The number of halogens is 2. The Balaban J connectivity index is 1.77. The first-order valence-electron chi connectivity index (χ1n) is 7.74. The van der Waals surface area contributed by atoms with E-state index in [0.717, 1.165) is 25.9 Å². The standard InChI is InChI=1S/C16H24Cl2N2O/c1-2-21-16-14(17)11-13(12-15(16)18)5-3-4-8-20-9-6-19-7-10-20/h11-12,19H,2-10H2,1H3. The van der Waals surface area contributed by atoms with Crippen molar-refractivity contribution in [2.75, 3.05) is 39.3 Å². The minimum atomic E-state index is 0.573. The van der Waals surface area contributed by atoms with Gasteiger partial charge in [-0.25, -0.2) is 0 Å². The summed E-state index contributed by atoms with van der Waals surface area (Å²) in [5.41, 5.74) is 1.19. The van der Waals surface area contributed by atoms with Crippen molar-refractivity contribution in [3.63, 3.8) is 0 Å². The predicted molar refractivity (Wildman–Crippen MR) is 89.9 cm³/mol. The maximum Gasteiger partial charge on any atom is 0.156 e. The third-order valence-corrected chi connectivity index (χ3v) is 4.31. The summed E-state index contributed by atoms with van der Waals surface area (Å²) in [5, 5.41) is 4.60. The average Bonchev–Trinajstić information content (AvgIpc) is 2.48. The van der Waals surface area contributed by atoms with Crippen LogP contribution in [0.5, 0.6) is 5.75 Å². The van der Waals surface area contributed by atoms with Crippen LogP contribution in [-0.2, 0) is 6.42 Å². The van der Waals surface area contributed by atoms with E-state index in [1.54, 1.807) is 0 Å². The number of benzene rings is 1. The fourth-order valence-electron chi connectivity index (χ4n) is 2.64. The van der Waals surface area contributed by atoms with Gasteiger partial charge < -0.3 is 15.0 Å². The maximum absolute atomic E-state index is 6.22. The van der Waals surface area contributed by atoms with Gasteiger partial charge in [-0.2, -0.15) is 0 Å². The van der Waals surface area contributed by atoms with E-state index >= 15 is 0 Å². The molecule has 21 heavy (non-hydrogen) atoms. The molecule has 0 unspecified atom stereocenters. The second-order valence-electron chi connectivity index (χ2n) is 5.37. The summed E-state index contributed by atoms with van der Waals surface area (Å²) in [6, 6.07) is 3.95. The van der Waals surface area contributed by atoms with Crippen LogP contribution in [0, 0.1) is 0 Å². The van der Waals surface area contributed by atoms with Crippen LogP contribution in [0.4, 0.5) is 0 Å². The number of ether oxygens (including phenoxy) is 1. The van der Waals surface area contributed by atoms with Crippen molar-refractivity contribution in [2.45, 2.75) is 26.2 Å². The normalized spacial score (nSPS) is 16.1. The van der Waals surface area contributed by atoms with Gasteiger partial charge in [-0.05, 0) is 50.4 Å². The molecule has 1 aliphatic heterocycles. The molecule has 1 N–H and O–H groups in total. The van der Waals surface area contributed by atoms with E-state index in [-0.39, 0.29) is 0 Å². The number of aryl methyl sites for hydroxylation is 1. The molecular formula is C16H24Cl2N2O. The summed E-state index contributed by atoms with van der Waals surface area (Å²) in [7, 11) is 0. The summed E-state index contributed by atoms with van der Waals surface area (Å²) in [4.78, 5) is 2.52. The van der Waals surface area contributed by atoms with Gasteiger partial charge in [0.25, 0.3) is 0 Å². The van der Waals surface area contributed by atoms with Crippen molar-refractivity contribution >= 4 is 23.2 Å². The molecule has 1 aromatic rings. The molecule has 0 aromatic heterocycles. The van der Waals surface area contributed by atoms with Gasteiger partial charge in [0.2, 0.25) is 0 Å². The number of hydrogen-bond donors (Lipinski definition) is 1. The first-order chi connectivity index (χ1) is 10.2. The van der Waals surface area contributed by atoms with E-state index in [0.29, 0.717) is 22.4 Å². The van der Waals surface area contributed by atoms with Gasteiger partial charge in [0, 0.05) is 26.2 Å². The Labute approximate surface area is 137 Å². The van der Waals surface area contributed by atoms with Gasteiger partial charge in [0.1, 0.15) is 0 Å². The highest BCUT2D eigenvalue weighted by molar-refractivity contribution is 6.37. The van der Waals surface area contributed by atoms with Crippen LogP contribution in [0.2, 0.25) is 10.0 Å². The van der Waals surface area contributed by atoms with Crippen molar-refractivity contribution in [3.8, 4) is 5.75 Å². The average molecular weight is 331 g/mol. The molecule has 1 heterocycles. The van der Waals surface area contributed by atoms with Crippen molar-refractivity contribution in [2.24, 2.45) is 0 Å². The third-order valence-electron chi connectivity index (χ3n) is 3.75. The second-order valence-corrected chi connectivity index (χ2v) is 6.18. The smallest absolute Gasteiger partial charge is 0.156 e. The molecule has 0 saturated carbocycles. The molecule has 1 fully saturated rings. The lowest BCUT2D eigenvalue weighted by atomic mass is 10.1. The number of piperazine rings is 1. The van der Waals surface area contributed by atoms with Crippen LogP contribution < -0.4 is 10.1 Å². The number of hydrogen-bond acceptors (Lipinski definition) is 3. The topological polar surface area (TPSA) is 24.5 Å². The minimum Gasteiger partial charge on any atom is -0.491 e.